The number of aryl methyl sites for hydroxylation is 2. The monoisotopic (exact) mass is 195 g/mol. The predicted molar refractivity (Wildman–Crippen MR) is 55.7 cm³/mol. The van der Waals surface area contributed by atoms with Crippen LogP contribution >= 0.6 is 0 Å². The molecular weight excluding hydrogens is 178 g/mol. The van der Waals surface area contributed by atoms with E-state index in [9.17, 15) is 0 Å². The van der Waals surface area contributed by atoms with Crippen LogP contribution in [0.15, 0.2) is 12.3 Å². The maximum atomic E-state index is 5.44. The molecular formula is C11H17NO2. The first kappa shape index (κ1) is 11.0. The van der Waals surface area contributed by atoms with Crippen molar-refractivity contribution in [1.82, 2.24) is 4.98 Å². The minimum Gasteiger partial charge on any atom is -0.490 e. The molecule has 0 fully saturated rings. The maximum Gasteiger partial charge on any atom is 0.137 e. The third-order valence-corrected chi connectivity index (χ3v) is 2.05. The number of ether oxygens (including phenoxy) is 2. The molecule has 0 aromatic carbocycles. The van der Waals surface area contributed by atoms with Gasteiger partial charge in [0.05, 0.1) is 12.8 Å². The molecule has 0 radical (unpaired) electrons. The summed E-state index contributed by atoms with van der Waals surface area (Å²) in [6.07, 6.45) is 2.73. The molecule has 0 saturated heterocycles. The lowest BCUT2D eigenvalue weighted by atomic mass is 10.2. The van der Waals surface area contributed by atoms with Gasteiger partial charge in [0.1, 0.15) is 12.4 Å². The summed E-state index contributed by atoms with van der Waals surface area (Å²) < 4.78 is 10.3. The SMILES string of the molecule is CCc1ncc(OCCOC)cc1C. The summed E-state index contributed by atoms with van der Waals surface area (Å²) in [6, 6.07) is 2.02. The van der Waals surface area contributed by atoms with Crippen molar-refractivity contribution in [3.8, 4) is 5.75 Å². The van der Waals surface area contributed by atoms with Gasteiger partial charge in [-0.2, -0.15) is 0 Å². The molecule has 3 nitrogen and oxygen atoms in total. The lowest BCUT2D eigenvalue weighted by Gasteiger charge is -2.07. The van der Waals surface area contributed by atoms with E-state index in [1.807, 2.05) is 6.07 Å². The molecule has 1 aromatic rings. The first-order valence-corrected chi connectivity index (χ1v) is 4.85. The van der Waals surface area contributed by atoms with Gasteiger partial charge in [0.25, 0.3) is 0 Å². The van der Waals surface area contributed by atoms with Crippen LogP contribution < -0.4 is 4.74 Å². The van der Waals surface area contributed by atoms with E-state index in [-0.39, 0.29) is 0 Å². The highest BCUT2D eigenvalue weighted by atomic mass is 16.5. The second-order valence-corrected chi connectivity index (χ2v) is 3.13. The van der Waals surface area contributed by atoms with Gasteiger partial charge in [-0.3, -0.25) is 4.98 Å². The second-order valence-electron chi connectivity index (χ2n) is 3.13. The molecule has 78 valence electrons. The van der Waals surface area contributed by atoms with Crippen molar-refractivity contribution in [2.45, 2.75) is 20.3 Å². The fraction of sp³-hybridized carbons (Fsp3) is 0.545. The molecule has 0 aliphatic heterocycles. The summed E-state index contributed by atoms with van der Waals surface area (Å²) in [4.78, 5) is 4.31. The largest absolute Gasteiger partial charge is 0.490 e. The lowest BCUT2D eigenvalue weighted by Crippen LogP contribution is -2.05. The summed E-state index contributed by atoms with van der Waals surface area (Å²) in [5.74, 6) is 0.816. The minimum atomic E-state index is 0.573. The van der Waals surface area contributed by atoms with Gasteiger partial charge in [0.15, 0.2) is 0 Å². The third kappa shape index (κ3) is 3.00. The van der Waals surface area contributed by atoms with Crippen molar-refractivity contribution in [3.63, 3.8) is 0 Å². The zero-order valence-electron chi connectivity index (χ0n) is 9.04. The van der Waals surface area contributed by atoms with E-state index in [0.717, 1.165) is 17.9 Å². The Kier molecular flexibility index (Phi) is 4.40. The molecule has 0 aliphatic carbocycles. The summed E-state index contributed by atoms with van der Waals surface area (Å²) in [7, 11) is 1.66. The normalized spacial score (nSPS) is 10.2. The van der Waals surface area contributed by atoms with E-state index in [1.54, 1.807) is 13.3 Å². The van der Waals surface area contributed by atoms with Gasteiger partial charge in [-0.1, -0.05) is 6.92 Å². The zero-order valence-corrected chi connectivity index (χ0v) is 9.04. The third-order valence-electron chi connectivity index (χ3n) is 2.05. The molecule has 1 rings (SSSR count). The average Bonchev–Trinajstić information content (AvgIpc) is 2.18. The first-order chi connectivity index (χ1) is 6.77. The number of hydrogen-bond acceptors (Lipinski definition) is 3. The van der Waals surface area contributed by atoms with Crippen molar-refractivity contribution in [1.29, 1.82) is 0 Å². The first-order valence-electron chi connectivity index (χ1n) is 4.85. The Morgan fingerprint density at radius 1 is 1.36 bits per heavy atom. The number of methoxy groups -OCH3 is 1. The van der Waals surface area contributed by atoms with Crippen LogP contribution in [-0.4, -0.2) is 25.3 Å². The van der Waals surface area contributed by atoms with Crippen LogP contribution in [0.1, 0.15) is 18.2 Å². The van der Waals surface area contributed by atoms with Crippen LogP contribution in [0.2, 0.25) is 0 Å². The highest BCUT2D eigenvalue weighted by molar-refractivity contribution is 5.28. The summed E-state index contributed by atoms with van der Waals surface area (Å²) in [6.45, 7) is 5.33. The fourth-order valence-corrected chi connectivity index (χ4v) is 1.27. The Hall–Kier alpha value is -1.09. The van der Waals surface area contributed by atoms with Crippen LogP contribution in [0, 0.1) is 6.92 Å². The van der Waals surface area contributed by atoms with Gasteiger partial charge in [-0.05, 0) is 25.0 Å². The molecule has 0 N–H and O–H groups in total. The molecule has 0 spiro atoms. The number of hydrogen-bond donors (Lipinski definition) is 0. The Morgan fingerprint density at radius 2 is 2.14 bits per heavy atom. The molecule has 1 heterocycles. The van der Waals surface area contributed by atoms with E-state index in [0.29, 0.717) is 13.2 Å². The van der Waals surface area contributed by atoms with Gasteiger partial charge < -0.3 is 9.47 Å². The molecule has 0 bridgehead atoms. The number of aromatic nitrogens is 1. The standard InChI is InChI=1S/C11H17NO2/c1-4-11-9(2)7-10(8-12-11)14-6-5-13-3/h7-8H,4-6H2,1-3H3. The highest BCUT2D eigenvalue weighted by Crippen LogP contribution is 2.14. The van der Waals surface area contributed by atoms with Crippen LogP contribution in [0.4, 0.5) is 0 Å². The summed E-state index contributed by atoms with van der Waals surface area (Å²) in [5, 5.41) is 0. The molecule has 14 heavy (non-hydrogen) atoms. The topological polar surface area (TPSA) is 31.4 Å². The smallest absolute Gasteiger partial charge is 0.137 e. The Bertz CT molecular complexity index is 287. The van der Waals surface area contributed by atoms with E-state index >= 15 is 0 Å². The average molecular weight is 195 g/mol. The number of nitrogens with zero attached hydrogens (tertiary/aromatic N) is 1. The quantitative estimate of drug-likeness (QED) is 0.673. The van der Waals surface area contributed by atoms with E-state index in [2.05, 4.69) is 18.8 Å². The zero-order chi connectivity index (χ0) is 10.4. The van der Waals surface area contributed by atoms with Gasteiger partial charge in [-0.15, -0.1) is 0 Å². The van der Waals surface area contributed by atoms with E-state index in [4.69, 9.17) is 9.47 Å². The minimum absolute atomic E-state index is 0.573. The number of pyridine rings is 1. The predicted octanol–water partition coefficient (Wildman–Crippen LogP) is 1.98. The lowest BCUT2D eigenvalue weighted by molar-refractivity contribution is 0.146. The highest BCUT2D eigenvalue weighted by Gasteiger charge is 2.00. The maximum absolute atomic E-state index is 5.44. The number of rotatable bonds is 5. The molecule has 1 aromatic heterocycles. The van der Waals surface area contributed by atoms with Gasteiger partial charge in [0, 0.05) is 12.8 Å². The Balaban J connectivity index is 2.57. The van der Waals surface area contributed by atoms with E-state index in [1.165, 1.54) is 5.56 Å². The van der Waals surface area contributed by atoms with Crippen molar-refractivity contribution in [2.24, 2.45) is 0 Å². The molecule has 0 atom stereocenters. The summed E-state index contributed by atoms with van der Waals surface area (Å²) in [5.41, 5.74) is 2.31. The van der Waals surface area contributed by atoms with Crippen molar-refractivity contribution < 1.29 is 9.47 Å². The van der Waals surface area contributed by atoms with Gasteiger partial charge >= 0.3 is 0 Å². The molecule has 3 heteroatoms. The van der Waals surface area contributed by atoms with Crippen LogP contribution in [0.3, 0.4) is 0 Å². The van der Waals surface area contributed by atoms with Crippen LogP contribution in [0.5, 0.6) is 5.75 Å². The van der Waals surface area contributed by atoms with E-state index < -0.39 is 0 Å². The summed E-state index contributed by atoms with van der Waals surface area (Å²) >= 11 is 0. The molecule has 0 aliphatic rings. The second kappa shape index (κ2) is 5.60. The molecule has 0 unspecified atom stereocenters. The van der Waals surface area contributed by atoms with Gasteiger partial charge in [-0.25, -0.2) is 0 Å². The van der Waals surface area contributed by atoms with Gasteiger partial charge in [0.2, 0.25) is 0 Å². The van der Waals surface area contributed by atoms with Crippen molar-refractivity contribution in [2.75, 3.05) is 20.3 Å². The molecule has 0 saturated carbocycles. The van der Waals surface area contributed by atoms with Crippen LogP contribution in [-0.2, 0) is 11.2 Å². The Labute approximate surface area is 85.1 Å². The van der Waals surface area contributed by atoms with Crippen molar-refractivity contribution >= 4 is 0 Å². The molecule has 0 amide bonds. The van der Waals surface area contributed by atoms with Crippen molar-refractivity contribution in [3.05, 3.63) is 23.5 Å². The Morgan fingerprint density at radius 3 is 2.71 bits per heavy atom. The van der Waals surface area contributed by atoms with Crippen LogP contribution in [0.25, 0.3) is 0 Å². The fourth-order valence-electron chi connectivity index (χ4n) is 1.27.